The fraction of sp³-hybridized carbons (Fsp3) is 0.538. The van der Waals surface area contributed by atoms with Crippen LogP contribution in [0.15, 0.2) is 24.8 Å². The third-order valence-electron chi connectivity index (χ3n) is 1.66. The van der Waals surface area contributed by atoms with E-state index in [-0.39, 0.29) is 5.57 Å². The fourth-order valence-electron chi connectivity index (χ4n) is 0.776. The van der Waals surface area contributed by atoms with Crippen molar-refractivity contribution in [2.45, 2.75) is 39.9 Å². The molecule has 5 nitrogen and oxygen atoms in total. The van der Waals surface area contributed by atoms with Gasteiger partial charge in [0.05, 0.1) is 0 Å². The Morgan fingerprint density at radius 1 is 1.39 bits per heavy atom. The first-order valence-electron chi connectivity index (χ1n) is 5.72. The third kappa shape index (κ3) is 12.4. The number of carbonyl (C=O) groups excluding carboxylic acids is 1. The Morgan fingerprint density at radius 2 is 1.89 bits per heavy atom. The van der Waals surface area contributed by atoms with E-state index in [0.29, 0.717) is 6.61 Å². The quantitative estimate of drug-likeness (QED) is 0.431. The molecule has 0 bridgehead atoms. The van der Waals surface area contributed by atoms with Crippen LogP contribution < -0.4 is 0 Å². The SMILES string of the molecule is C=C(C)C(=O)O.C=CC(=O)OC(CCC)OCC. The van der Waals surface area contributed by atoms with Gasteiger partial charge in [-0.1, -0.05) is 26.5 Å². The molecule has 0 aliphatic rings. The standard InChI is InChI=1S/C9H16O3.C4H6O2/c1-4-7-9(11-6-3)12-8(10)5-2;1-3(2)4(5)6/h5,9H,2,4,6-7H2,1,3H3;1H2,2H3,(H,5,6). The number of hydrogen-bond donors (Lipinski definition) is 1. The number of carboxylic acid groups (broad SMARTS) is 1. The molecule has 0 saturated heterocycles. The maximum absolute atomic E-state index is 10.8. The summed E-state index contributed by atoms with van der Waals surface area (Å²) in [5.41, 5.74) is 0.176. The second-order valence-corrected chi connectivity index (χ2v) is 3.40. The molecule has 0 aromatic carbocycles. The molecule has 104 valence electrons. The third-order valence-corrected chi connectivity index (χ3v) is 1.66. The molecule has 0 rings (SSSR count). The first-order chi connectivity index (χ1) is 8.38. The minimum Gasteiger partial charge on any atom is -0.478 e. The molecular formula is C13H22O5. The maximum atomic E-state index is 10.8. The molecule has 5 heteroatoms. The summed E-state index contributed by atoms with van der Waals surface area (Å²) in [6, 6.07) is 0. The number of aliphatic carboxylic acids is 1. The molecule has 0 aromatic heterocycles. The molecule has 0 spiro atoms. The molecule has 1 unspecified atom stereocenters. The largest absolute Gasteiger partial charge is 0.478 e. The highest BCUT2D eigenvalue weighted by Crippen LogP contribution is 2.04. The van der Waals surface area contributed by atoms with Gasteiger partial charge in [-0.2, -0.15) is 0 Å². The Hall–Kier alpha value is -1.62. The highest BCUT2D eigenvalue weighted by Gasteiger charge is 2.10. The molecule has 0 fully saturated rings. The van der Waals surface area contributed by atoms with Crippen molar-refractivity contribution >= 4 is 11.9 Å². The summed E-state index contributed by atoms with van der Waals surface area (Å²) in [4.78, 5) is 20.4. The summed E-state index contributed by atoms with van der Waals surface area (Å²) in [7, 11) is 0. The van der Waals surface area contributed by atoms with Crippen LogP contribution in [0.25, 0.3) is 0 Å². The van der Waals surface area contributed by atoms with Crippen LogP contribution in [0, 0.1) is 0 Å². The van der Waals surface area contributed by atoms with E-state index in [2.05, 4.69) is 13.2 Å². The van der Waals surface area contributed by atoms with Gasteiger partial charge in [0.15, 0.2) is 0 Å². The van der Waals surface area contributed by atoms with E-state index < -0.39 is 18.2 Å². The summed E-state index contributed by atoms with van der Waals surface area (Å²) < 4.78 is 10.1. The van der Waals surface area contributed by atoms with Gasteiger partial charge in [0.25, 0.3) is 0 Å². The Labute approximate surface area is 108 Å². The normalized spacial score (nSPS) is 10.6. The lowest BCUT2D eigenvalue weighted by molar-refractivity contribution is -0.173. The van der Waals surface area contributed by atoms with E-state index in [1.807, 2.05) is 13.8 Å². The van der Waals surface area contributed by atoms with Gasteiger partial charge in [-0.3, -0.25) is 0 Å². The monoisotopic (exact) mass is 258 g/mol. The molecule has 1 N–H and O–H groups in total. The van der Waals surface area contributed by atoms with Crippen molar-refractivity contribution in [1.29, 1.82) is 0 Å². The van der Waals surface area contributed by atoms with E-state index in [1.165, 1.54) is 6.92 Å². The molecule has 0 aliphatic carbocycles. The van der Waals surface area contributed by atoms with Crippen LogP contribution in [0.1, 0.15) is 33.6 Å². The smallest absolute Gasteiger partial charge is 0.332 e. The zero-order valence-corrected chi connectivity index (χ0v) is 11.3. The first kappa shape index (κ1) is 18.7. The second kappa shape index (κ2) is 11.9. The summed E-state index contributed by atoms with van der Waals surface area (Å²) >= 11 is 0. The number of carboxylic acids is 1. The van der Waals surface area contributed by atoms with Crippen molar-refractivity contribution in [3.8, 4) is 0 Å². The highest BCUT2D eigenvalue weighted by molar-refractivity contribution is 5.84. The van der Waals surface area contributed by atoms with Crippen LogP contribution in [0.5, 0.6) is 0 Å². The highest BCUT2D eigenvalue weighted by atomic mass is 16.7. The Bertz CT molecular complexity index is 265. The van der Waals surface area contributed by atoms with Gasteiger partial charge in [-0.15, -0.1) is 0 Å². The fourth-order valence-corrected chi connectivity index (χ4v) is 0.776. The van der Waals surface area contributed by atoms with Gasteiger partial charge >= 0.3 is 11.9 Å². The molecule has 18 heavy (non-hydrogen) atoms. The predicted octanol–water partition coefficient (Wildman–Crippen LogP) is 2.53. The van der Waals surface area contributed by atoms with Crippen molar-refractivity contribution < 1.29 is 24.2 Å². The van der Waals surface area contributed by atoms with Crippen LogP contribution in [0.3, 0.4) is 0 Å². The molecule has 0 radical (unpaired) electrons. The average molecular weight is 258 g/mol. The molecule has 0 saturated carbocycles. The van der Waals surface area contributed by atoms with Crippen LogP contribution in [0.2, 0.25) is 0 Å². The van der Waals surface area contributed by atoms with Crippen molar-refractivity contribution in [3.05, 3.63) is 24.8 Å². The first-order valence-corrected chi connectivity index (χ1v) is 5.72. The van der Waals surface area contributed by atoms with E-state index in [4.69, 9.17) is 14.6 Å². The summed E-state index contributed by atoms with van der Waals surface area (Å²) in [5.74, 6) is -1.36. The lowest BCUT2D eigenvalue weighted by Gasteiger charge is -2.15. The van der Waals surface area contributed by atoms with Crippen molar-refractivity contribution in [1.82, 2.24) is 0 Å². The number of hydrogen-bond acceptors (Lipinski definition) is 4. The zero-order chi connectivity index (χ0) is 14.6. The lowest BCUT2D eigenvalue weighted by atomic mass is 10.3. The minimum atomic E-state index is -0.935. The maximum Gasteiger partial charge on any atom is 0.332 e. The predicted molar refractivity (Wildman–Crippen MR) is 69.1 cm³/mol. The van der Waals surface area contributed by atoms with Crippen molar-refractivity contribution in [2.75, 3.05) is 6.61 Å². The molecule has 1 atom stereocenters. The molecule has 0 heterocycles. The Morgan fingerprint density at radius 3 is 2.17 bits per heavy atom. The zero-order valence-electron chi connectivity index (χ0n) is 11.3. The van der Waals surface area contributed by atoms with Gasteiger partial charge in [-0.05, 0) is 13.8 Å². The van der Waals surface area contributed by atoms with Crippen LogP contribution in [0.4, 0.5) is 0 Å². The van der Waals surface area contributed by atoms with E-state index in [9.17, 15) is 9.59 Å². The minimum absolute atomic E-state index is 0.176. The molecule has 0 aromatic rings. The van der Waals surface area contributed by atoms with Crippen LogP contribution in [-0.2, 0) is 19.1 Å². The Balaban J connectivity index is 0. The topological polar surface area (TPSA) is 72.8 Å². The van der Waals surface area contributed by atoms with Gasteiger partial charge in [-0.25, -0.2) is 9.59 Å². The summed E-state index contributed by atoms with van der Waals surface area (Å²) in [6.45, 7) is 12.3. The number of rotatable bonds is 7. The molecule has 0 amide bonds. The van der Waals surface area contributed by atoms with Crippen LogP contribution >= 0.6 is 0 Å². The molecule has 0 aliphatic heterocycles. The van der Waals surface area contributed by atoms with E-state index >= 15 is 0 Å². The van der Waals surface area contributed by atoms with E-state index in [0.717, 1.165) is 18.9 Å². The number of esters is 1. The average Bonchev–Trinajstić information content (AvgIpc) is 2.30. The summed E-state index contributed by atoms with van der Waals surface area (Å²) in [6.07, 6.45) is 2.38. The van der Waals surface area contributed by atoms with Gasteiger partial charge < -0.3 is 14.6 Å². The summed E-state index contributed by atoms with van der Waals surface area (Å²) in [5, 5.41) is 7.89. The number of carbonyl (C=O) groups is 2. The van der Waals surface area contributed by atoms with Gasteiger partial charge in [0.1, 0.15) is 0 Å². The van der Waals surface area contributed by atoms with Gasteiger partial charge in [0.2, 0.25) is 6.29 Å². The van der Waals surface area contributed by atoms with E-state index in [1.54, 1.807) is 0 Å². The number of ether oxygens (including phenoxy) is 2. The second-order valence-electron chi connectivity index (χ2n) is 3.40. The van der Waals surface area contributed by atoms with Crippen molar-refractivity contribution in [2.24, 2.45) is 0 Å². The van der Waals surface area contributed by atoms with Crippen molar-refractivity contribution in [3.63, 3.8) is 0 Å². The molecular weight excluding hydrogens is 236 g/mol. The van der Waals surface area contributed by atoms with Crippen LogP contribution in [-0.4, -0.2) is 29.9 Å². The van der Waals surface area contributed by atoms with Gasteiger partial charge in [0, 0.05) is 24.7 Å². The Kier molecular flexibility index (Phi) is 12.3. The lowest BCUT2D eigenvalue weighted by Crippen LogP contribution is -2.20.